The highest BCUT2D eigenvalue weighted by atomic mass is 79.9. The summed E-state index contributed by atoms with van der Waals surface area (Å²) in [6, 6.07) is 20.5. The second-order valence-electron chi connectivity index (χ2n) is 4.28. The van der Waals surface area contributed by atoms with Crippen LogP contribution in [-0.4, -0.2) is 10.6 Å². The quantitative estimate of drug-likeness (QED) is 0.855. The molecule has 1 aliphatic rings. The Kier molecular flexibility index (Phi) is 3.53. The van der Waals surface area contributed by atoms with Crippen molar-refractivity contribution in [1.82, 2.24) is 9.57 Å². The number of hydrogen-bond donors (Lipinski definition) is 1. The highest BCUT2D eigenvalue weighted by Gasteiger charge is 2.18. The summed E-state index contributed by atoms with van der Waals surface area (Å²) in [5, 5.41) is 2.07. The van der Waals surface area contributed by atoms with Crippen LogP contribution in [-0.2, 0) is 0 Å². The summed E-state index contributed by atoms with van der Waals surface area (Å²) in [4.78, 5) is 0. The third-order valence-corrected chi connectivity index (χ3v) is 3.57. The Bertz CT molecular complexity index is 568. The topological polar surface area (TPSA) is 18.5 Å². The number of hydrazine groups is 2. The van der Waals surface area contributed by atoms with Crippen molar-refractivity contribution in [2.75, 3.05) is 11.6 Å². The van der Waals surface area contributed by atoms with Gasteiger partial charge in [0.1, 0.15) is 0 Å². The number of hydrogen-bond acceptors (Lipinski definition) is 3. The Labute approximate surface area is 121 Å². The van der Waals surface area contributed by atoms with Crippen molar-refractivity contribution in [3.8, 4) is 0 Å². The molecule has 19 heavy (non-hydrogen) atoms. The molecule has 0 amide bonds. The molecule has 2 aromatic carbocycles. The number of halogens is 1. The average molecular weight is 316 g/mol. The van der Waals surface area contributed by atoms with E-state index >= 15 is 0 Å². The normalized spacial score (nSPS) is 15.3. The second kappa shape index (κ2) is 5.47. The Hall–Kier alpha value is -1.78. The molecule has 0 saturated heterocycles. The van der Waals surface area contributed by atoms with Gasteiger partial charge in [-0.15, -0.1) is 5.53 Å². The van der Waals surface area contributed by atoms with Crippen LogP contribution in [0.2, 0.25) is 0 Å². The first-order valence-corrected chi connectivity index (χ1v) is 6.86. The van der Waals surface area contributed by atoms with E-state index in [2.05, 4.69) is 57.0 Å². The Morgan fingerprint density at radius 3 is 2.16 bits per heavy atom. The predicted octanol–water partition coefficient (Wildman–Crippen LogP) is 3.58. The molecular formula is C15H14BrN3. The van der Waals surface area contributed by atoms with Crippen LogP contribution in [0.3, 0.4) is 0 Å². The third-order valence-electron chi connectivity index (χ3n) is 3.02. The van der Waals surface area contributed by atoms with Crippen molar-refractivity contribution in [2.45, 2.75) is 0 Å². The van der Waals surface area contributed by atoms with Crippen molar-refractivity contribution in [3.05, 3.63) is 72.3 Å². The van der Waals surface area contributed by atoms with Gasteiger partial charge in [0.15, 0.2) is 0 Å². The smallest absolute Gasteiger partial charge is 0.0718 e. The number of benzene rings is 2. The molecule has 1 N–H and O–H groups in total. The molecule has 3 rings (SSSR count). The summed E-state index contributed by atoms with van der Waals surface area (Å²) in [6.45, 7) is 0.816. The van der Waals surface area contributed by atoms with E-state index in [1.165, 1.54) is 5.56 Å². The molecule has 4 heteroatoms. The van der Waals surface area contributed by atoms with Gasteiger partial charge in [-0.2, -0.15) is 0 Å². The zero-order chi connectivity index (χ0) is 13.1. The van der Waals surface area contributed by atoms with Crippen LogP contribution < -0.4 is 10.5 Å². The van der Waals surface area contributed by atoms with Crippen LogP contribution in [0.1, 0.15) is 5.56 Å². The van der Waals surface area contributed by atoms with Gasteiger partial charge in [0.25, 0.3) is 0 Å². The fraction of sp³-hybridized carbons (Fsp3) is 0.0667. The predicted molar refractivity (Wildman–Crippen MR) is 82.1 cm³/mol. The first-order valence-electron chi connectivity index (χ1n) is 6.15. The van der Waals surface area contributed by atoms with Gasteiger partial charge in [-0.05, 0) is 18.2 Å². The molecule has 0 bridgehead atoms. The highest BCUT2D eigenvalue weighted by Crippen LogP contribution is 2.25. The maximum absolute atomic E-state index is 3.54. The summed E-state index contributed by atoms with van der Waals surface area (Å²) in [5.74, 6) is 0. The third kappa shape index (κ3) is 2.64. The lowest BCUT2D eigenvalue weighted by Gasteiger charge is -2.35. The SMILES string of the molecule is BrN1NN(c2ccccc2)CC=C1c1ccccc1. The van der Waals surface area contributed by atoms with Gasteiger partial charge in [0.05, 0.1) is 34.1 Å². The van der Waals surface area contributed by atoms with E-state index < -0.39 is 0 Å². The van der Waals surface area contributed by atoms with Crippen LogP contribution in [0, 0.1) is 0 Å². The van der Waals surface area contributed by atoms with Crippen molar-refractivity contribution >= 4 is 27.5 Å². The number of nitrogens with zero attached hydrogens (tertiary/aromatic N) is 2. The van der Waals surface area contributed by atoms with E-state index in [1.807, 2.05) is 40.4 Å². The van der Waals surface area contributed by atoms with Crippen LogP contribution in [0.5, 0.6) is 0 Å². The first kappa shape index (κ1) is 12.3. The summed E-state index contributed by atoms with van der Waals surface area (Å²) < 4.78 is 1.86. The standard InChI is InChI=1S/C15H14BrN3/c16-19-15(13-7-3-1-4-8-13)11-12-18(17-19)14-9-5-2-6-10-14/h1-11,17H,12H2. The minimum Gasteiger partial charge on any atom is -0.286 e. The van der Waals surface area contributed by atoms with E-state index in [0.29, 0.717) is 0 Å². The molecule has 0 radical (unpaired) electrons. The van der Waals surface area contributed by atoms with Gasteiger partial charge in [-0.3, -0.25) is 5.01 Å². The average Bonchev–Trinajstić information content (AvgIpc) is 2.49. The monoisotopic (exact) mass is 315 g/mol. The number of nitrogens with one attached hydrogen (secondary N) is 1. The summed E-state index contributed by atoms with van der Waals surface area (Å²) >= 11 is 3.54. The Morgan fingerprint density at radius 1 is 0.895 bits per heavy atom. The summed E-state index contributed by atoms with van der Waals surface area (Å²) in [5.41, 5.74) is 6.73. The fourth-order valence-corrected chi connectivity index (χ4v) is 2.61. The first-order chi connectivity index (χ1) is 9.34. The molecule has 0 aliphatic carbocycles. The molecule has 2 aromatic rings. The van der Waals surface area contributed by atoms with E-state index in [1.54, 1.807) is 0 Å². The van der Waals surface area contributed by atoms with Gasteiger partial charge >= 0.3 is 0 Å². The van der Waals surface area contributed by atoms with Gasteiger partial charge in [-0.1, -0.05) is 48.5 Å². The zero-order valence-corrected chi connectivity index (χ0v) is 11.9. The Balaban J connectivity index is 1.83. The minimum atomic E-state index is 0.816. The number of para-hydroxylation sites is 1. The van der Waals surface area contributed by atoms with Crippen molar-refractivity contribution < 1.29 is 0 Å². The molecule has 0 spiro atoms. The molecule has 96 valence electrons. The van der Waals surface area contributed by atoms with Crippen LogP contribution >= 0.6 is 16.1 Å². The molecule has 0 unspecified atom stereocenters. The molecule has 0 fully saturated rings. The molecule has 3 nitrogen and oxygen atoms in total. The maximum Gasteiger partial charge on any atom is 0.0718 e. The van der Waals surface area contributed by atoms with Crippen molar-refractivity contribution in [3.63, 3.8) is 0 Å². The number of anilines is 1. The lowest BCUT2D eigenvalue weighted by molar-refractivity contribution is 0.447. The fourth-order valence-electron chi connectivity index (χ4n) is 2.07. The van der Waals surface area contributed by atoms with Gasteiger partial charge < -0.3 is 0 Å². The van der Waals surface area contributed by atoms with Gasteiger partial charge in [-0.25, -0.2) is 4.03 Å². The summed E-state index contributed by atoms with van der Waals surface area (Å²) in [6.07, 6.45) is 2.19. The summed E-state index contributed by atoms with van der Waals surface area (Å²) in [7, 11) is 0. The lowest BCUT2D eigenvalue weighted by Crippen LogP contribution is -2.48. The van der Waals surface area contributed by atoms with E-state index in [9.17, 15) is 0 Å². The van der Waals surface area contributed by atoms with Crippen LogP contribution in [0.4, 0.5) is 5.69 Å². The van der Waals surface area contributed by atoms with E-state index in [4.69, 9.17) is 0 Å². The molecule has 1 heterocycles. The minimum absolute atomic E-state index is 0.816. The second-order valence-corrected chi connectivity index (χ2v) is 4.99. The Morgan fingerprint density at radius 2 is 1.53 bits per heavy atom. The van der Waals surface area contributed by atoms with Gasteiger partial charge in [0, 0.05) is 5.56 Å². The van der Waals surface area contributed by atoms with Crippen LogP contribution in [0.15, 0.2) is 66.7 Å². The molecule has 0 aromatic heterocycles. The van der Waals surface area contributed by atoms with E-state index in [0.717, 1.165) is 17.9 Å². The maximum atomic E-state index is 3.54. The zero-order valence-electron chi connectivity index (χ0n) is 10.3. The van der Waals surface area contributed by atoms with Crippen LogP contribution in [0.25, 0.3) is 5.70 Å². The molecular weight excluding hydrogens is 302 g/mol. The number of rotatable bonds is 2. The van der Waals surface area contributed by atoms with Crippen molar-refractivity contribution in [1.29, 1.82) is 0 Å². The molecule has 0 atom stereocenters. The largest absolute Gasteiger partial charge is 0.286 e. The van der Waals surface area contributed by atoms with Gasteiger partial charge in [0.2, 0.25) is 0 Å². The molecule has 1 aliphatic heterocycles. The lowest BCUT2D eigenvalue weighted by atomic mass is 10.1. The van der Waals surface area contributed by atoms with Crippen molar-refractivity contribution in [2.24, 2.45) is 0 Å². The highest BCUT2D eigenvalue weighted by molar-refractivity contribution is 9.07. The molecule has 0 saturated carbocycles. The van der Waals surface area contributed by atoms with E-state index in [-0.39, 0.29) is 0 Å².